The van der Waals surface area contributed by atoms with Gasteiger partial charge in [-0.3, -0.25) is 0 Å². The zero-order valence-electron chi connectivity index (χ0n) is 11.8. The van der Waals surface area contributed by atoms with Gasteiger partial charge in [0, 0.05) is 31.5 Å². The number of hydrogen-bond acceptors (Lipinski definition) is 1. The Morgan fingerprint density at radius 1 is 1.17 bits per heavy atom. The minimum absolute atomic E-state index is 0.750. The third kappa shape index (κ3) is 4.49. The lowest BCUT2D eigenvalue weighted by atomic mass is 9.96. The zero-order chi connectivity index (χ0) is 12.6. The third-order valence-electron chi connectivity index (χ3n) is 3.99. The molecule has 0 amide bonds. The molecule has 0 bridgehead atoms. The van der Waals surface area contributed by atoms with E-state index in [0.29, 0.717) is 0 Å². The van der Waals surface area contributed by atoms with Crippen LogP contribution >= 0.6 is 0 Å². The number of nitrogens with zero attached hydrogens (tertiary/aromatic N) is 1. The topological polar surface area (TPSA) is 17.0 Å². The molecule has 0 saturated heterocycles. The van der Waals surface area contributed by atoms with E-state index in [1.54, 1.807) is 0 Å². The molecule has 0 unspecified atom stereocenters. The van der Waals surface area contributed by atoms with Crippen LogP contribution in [0.25, 0.3) is 0 Å². The summed E-state index contributed by atoms with van der Waals surface area (Å²) in [5.74, 6) is 0. The Bertz CT molecular complexity index is 322. The number of hydrogen-bond donors (Lipinski definition) is 1. The van der Waals surface area contributed by atoms with Crippen LogP contribution in [-0.4, -0.2) is 10.6 Å². The van der Waals surface area contributed by atoms with Crippen molar-refractivity contribution in [2.45, 2.75) is 77.4 Å². The quantitative estimate of drug-likeness (QED) is 0.830. The Hall–Kier alpha value is -0.760. The Morgan fingerprint density at radius 3 is 2.61 bits per heavy atom. The molecule has 0 aliphatic heterocycles. The van der Waals surface area contributed by atoms with Gasteiger partial charge in [-0.1, -0.05) is 39.0 Å². The van der Waals surface area contributed by atoms with Gasteiger partial charge in [0.2, 0.25) is 0 Å². The first-order valence-corrected chi connectivity index (χ1v) is 7.76. The van der Waals surface area contributed by atoms with Gasteiger partial charge >= 0.3 is 0 Å². The molecule has 1 fully saturated rings. The molecule has 2 nitrogen and oxygen atoms in total. The lowest BCUT2D eigenvalue weighted by molar-refractivity contribution is 0.389. The Labute approximate surface area is 112 Å². The first-order valence-electron chi connectivity index (χ1n) is 7.76. The maximum atomic E-state index is 3.75. The zero-order valence-corrected chi connectivity index (χ0v) is 11.8. The van der Waals surface area contributed by atoms with Gasteiger partial charge in [-0.25, -0.2) is 0 Å². The van der Waals surface area contributed by atoms with Crippen molar-refractivity contribution in [3.8, 4) is 0 Å². The fourth-order valence-corrected chi connectivity index (χ4v) is 2.91. The maximum absolute atomic E-state index is 3.75. The van der Waals surface area contributed by atoms with E-state index in [4.69, 9.17) is 0 Å². The van der Waals surface area contributed by atoms with Crippen LogP contribution in [0.2, 0.25) is 0 Å². The normalized spacial score (nSPS) is 18.5. The van der Waals surface area contributed by atoms with Crippen LogP contribution in [-0.2, 0) is 13.1 Å². The van der Waals surface area contributed by atoms with Gasteiger partial charge in [0.05, 0.1) is 0 Å². The van der Waals surface area contributed by atoms with E-state index in [1.165, 1.54) is 56.9 Å². The molecular weight excluding hydrogens is 220 g/mol. The lowest BCUT2D eigenvalue weighted by Gasteiger charge is -2.20. The van der Waals surface area contributed by atoms with Crippen molar-refractivity contribution < 1.29 is 0 Å². The van der Waals surface area contributed by atoms with E-state index in [1.807, 2.05) is 0 Å². The summed E-state index contributed by atoms with van der Waals surface area (Å²) in [5, 5.41) is 3.75. The minimum Gasteiger partial charge on any atom is -0.354 e. The Morgan fingerprint density at radius 2 is 1.89 bits per heavy atom. The molecule has 1 N–H and O–H groups in total. The van der Waals surface area contributed by atoms with Gasteiger partial charge in [0.25, 0.3) is 0 Å². The molecule has 1 aliphatic carbocycles. The van der Waals surface area contributed by atoms with E-state index >= 15 is 0 Å². The second-order valence-electron chi connectivity index (χ2n) is 5.68. The highest BCUT2D eigenvalue weighted by Crippen LogP contribution is 2.17. The molecule has 0 aromatic carbocycles. The van der Waals surface area contributed by atoms with Crippen LogP contribution < -0.4 is 5.32 Å². The summed E-state index contributed by atoms with van der Waals surface area (Å²) in [6.07, 6.45) is 15.6. The molecule has 102 valence electrons. The Balaban J connectivity index is 1.74. The van der Waals surface area contributed by atoms with Gasteiger partial charge in [-0.15, -0.1) is 0 Å². The molecule has 1 aromatic rings. The molecule has 1 aromatic heterocycles. The lowest BCUT2D eigenvalue weighted by Crippen LogP contribution is -2.29. The summed E-state index contributed by atoms with van der Waals surface area (Å²) in [5.41, 5.74) is 1.44. The van der Waals surface area contributed by atoms with Crippen molar-refractivity contribution in [3.05, 3.63) is 24.0 Å². The van der Waals surface area contributed by atoms with Crippen LogP contribution in [0.1, 0.15) is 63.9 Å². The van der Waals surface area contributed by atoms with E-state index in [9.17, 15) is 0 Å². The van der Waals surface area contributed by atoms with Crippen LogP contribution in [0.15, 0.2) is 18.5 Å². The summed E-state index contributed by atoms with van der Waals surface area (Å²) < 4.78 is 2.30. The first-order chi connectivity index (χ1) is 8.88. The van der Waals surface area contributed by atoms with Crippen LogP contribution in [0.3, 0.4) is 0 Å². The molecule has 0 atom stereocenters. The van der Waals surface area contributed by atoms with E-state index in [0.717, 1.165) is 19.1 Å². The van der Waals surface area contributed by atoms with Crippen LogP contribution in [0.5, 0.6) is 0 Å². The number of aromatic nitrogens is 1. The van der Waals surface area contributed by atoms with Crippen LogP contribution in [0.4, 0.5) is 0 Å². The molecule has 1 aliphatic rings. The summed E-state index contributed by atoms with van der Waals surface area (Å²) in [6, 6.07) is 3.01. The minimum atomic E-state index is 0.750. The molecular formula is C16H28N2. The Kier molecular flexibility index (Phi) is 5.79. The van der Waals surface area contributed by atoms with E-state index < -0.39 is 0 Å². The van der Waals surface area contributed by atoms with Crippen molar-refractivity contribution in [2.24, 2.45) is 0 Å². The molecule has 0 spiro atoms. The highest BCUT2D eigenvalue weighted by atomic mass is 15.0. The summed E-state index contributed by atoms with van der Waals surface area (Å²) >= 11 is 0. The third-order valence-corrected chi connectivity index (χ3v) is 3.99. The second-order valence-corrected chi connectivity index (χ2v) is 5.68. The molecule has 2 heteroatoms. The largest absolute Gasteiger partial charge is 0.354 e. The predicted octanol–water partition coefficient (Wildman–Crippen LogP) is 4.10. The molecule has 2 rings (SSSR count). The van der Waals surface area contributed by atoms with Crippen molar-refractivity contribution in [2.75, 3.05) is 0 Å². The SMILES string of the molecule is CCCn1ccc(CNC2CCCCCCC2)c1. The van der Waals surface area contributed by atoms with E-state index in [2.05, 4.69) is 35.3 Å². The fourth-order valence-electron chi connectivity index (χ4n) is 2.91. The van der Waals surface area contributed by atoms with Gasteiger partial charge in [-0.2, -0.15) is 0 Å². The highest BCUT2D eigenvalue weighted by molar-refractivity contribution is 5.10. The summed E-state index contributed by atoms with van der Waals surface area (Å²) in [4.78, 5) is 0. The van der Waals surface area contributed by atoms with E-state index in [-0.39, 0.29) is 0 Å². The van der Waals surface area contributed by atoms with Crippen molar-refractivity contribution in [1.82, 2.24) is 9.88 Å². The van der Waals surface area contributed by atoms with Gasteiger partial charge in [0.15, 0.2) is 0 Å². The maximum Gasteiger partial charge on any atom is 0.0223 e. The van der Waals surface area contributed by atoms with Crippen molar-refractivity contribution in [1.29, 1.82) is 0 Å². The van der Waals surface area contributed by atoms with Gasteiger partial charge < -0.3 is 9.88 Å². The molecule has 1 saturated carbocycles. The number of rotatable bonds is 5. The molecule has 0 radical (unpaired) electrons. The highest BCUT2D eigenvalue weighted by Gasteiger charge is 2.10. The smallest absolute Gasteiger partial charge is 0.0223 e. The number of aryl methyl sites for hydroxylation is 1. The predicted molar refractivity (Wildman–Crippen MR) is 77.7 cm³/mol. The monoisotopic (exact) mass is 248 g/mol. The molecule has 1 heterocycles. The van der Waals surface area contributed by atoms with Gasteiger partial charge in [0.1, 0.15) is 0 Å². The van der Waals surface area contributed by atoms with Crippen LogP contribution in [0, 0.1) is 0 Å². The van der Waals surface area contributed by atoms with Gasteiger partial charge in [-0.05, 0) is 30.9 Å². The van der Waals surface area contributed by atoms with Crippen molar-refractivity contribution >= 4 is 0 Å². The summed E-state index contributed by atoms with van der Waals surface area (Å²) in [6.45, 7) is 4.41. The standard InChI is InChI=1S/C16H28N2/c1-2-11-18-12-10-15(14-18)13-17-16-8-6-4-3-5-7-9-16/h10,12,14,16-17H,2-9,11,13H2,1H3. The second kappa shape index (κ2) is 7.63. The molecule has 18 heavy (non-hydrogen) atoms. The van der Waals surface area contributed by atoms with Crippen molar-refractivity contribution in [3.63, 3.8) is 0 Å². The average molecular weight is 248 g/mol. The average Bonchev–Trinajstić information content (AvgIpc) is 2.76. The summed E-state index contributed by atoms with van der Waals surface area (Å²) in [7, 11) is 0. The first kappa shape index (κ1) is 13.7. The number of nitrogens with one attached hydrogen (secondary N) is 1. The fraction of sp³-hybridized carbons (Fsp3) is 0.750.